The molecule has 2 N–H and O–H groups in total. The van der Waals surface area contributed by atoms with E-state index in [9.17, 15) is 9.90 Å². The van der Waals surface area contributed by atoms with Crippen molar-refractivity contribution in [2.75, 3.05) is 40.8 Å². The van der Waals surface area contributed by atoms with E-state index in [4.69, 9.17) is 5.11 Å². The first kappa shape index (κ1) is 16.4. The van der Waals surface area contributed by atoms with Crippen LogP contribution in [-0.4, -0.2) is 72.4 Å². The highest BCUT2D eigenvalue weighted by Gasteiger charge is 2.36. The summed E-state index contributed by atoms with van der Waals surface area (Å²) in [6.07, 6.45) is 3.47. The summed E-state index contributed by atoms with van der Waals surface area (Å²) in [4.78, 5) is 15.2. The fraction of sp³-hybridized carbons (Fsp3) is 0.929. The molecule has 1 aliphatic carbocycles. The molecule has 0 saturated heterocycles. The second-order valence-corrected chi connectivity index (χ2v) is 6.23. The lowest BCUT2D eigenvalue weighted by Gasteiger charge is -2.37. The molecule has 5 heteroatoms. The number of aliphatic carboxylic acids is 1. The molecule has 5 nitrogen and oxygen atoms in total. The van der Waals surface area contributed by atoms with Gasteiger partial charge in [0, 0.05) is 6.54 Å². The van der Waals surface area contributed by atoms with E-state index in [0.717, 1.165) is 19.5 Å². The quantitative estimate of drug-likeness (QED) is 0.720. The van der Waals surface area contributed by atoms with Gasteiger partial charge in [-0.05, 0) is 66.3 Å². The van der Waals surface area contributed by atoms with Gasteiger partial charge in [-0.2, -0.15) is 0 Å². The van der Waals surface area contributed by atoms with E-state index in [-0.39, 0.29) is 5.92 Å². The third-order valence-corrected chi connectivity index (χ3v) is 3.97. The number of hydrogen-bond acceptors (Lipinski definition) is 4. The smallest absolute Gasteiger partial charge is 0.306 e. The van der Waals surface area contributed by atoms with Crippen LogP contribution in [-0.2, 0) is 4.79 Å². The van der Waals surface area contributed by atoms with E-state index in [1.807, 2.05) is 7.05 Å². The van der Waals surface area contributed by atoms with Crippen LogP contribution >= 0.6 is 0 Å². The number of carboxylic acid groups (broad SMARTS) is 1. The first-order chi connectivity index (χ1) is 8.82. The Kier molecular flexibility index (Phi) is 6.23. The van der Waals surface area contributed by atoms with Crippen molar-refractivity contribution < 1.29 is 15.0 Å². The average Bonchev–Trinajstić information content (AvgIpc) is 2.28. The minimum absolute atomic E-state index is 0.265. The van der Waals surface area contributed by atoms with E-state index in [1.165, 1.54) is 0 Å². The SMILES string of the molecule is CN(C)CCCN(C)CC1(O)CCC(C(=O)O)CC1. The van der Waals surface area contributed by atoms with Crippen LogP contribution in [0.15, 0.2) is 0 Å². The van der Waals surface area contributed by atoms with E-state index in [2.05, 4.69) is 23.9 Å². The lowest BCUT2D eigenvalue weighted by atomic mass is 9.78. The maximum absolute atomic E-state index is 10.9. The van der Waals surface area contributed by atoms with Gasteiger partial charge < -0.3 is 20.0 Å². The molecule has 0 amide bonds. The van der Waals surface area contributed by atoms with Gasteiger partial charge in [0.2, 0.25) is 0 Å². The number of carbonyl (C=O) groups is 1. The molecule has 1 fully saturated rings. The number of aliphatic hydroxyl groups is 1. The zero-order chi connectivity index (χ0) is 14.5. The summed E-state index contributed by atoms with van der Waals surface area (Å²) in [7, 11) is 6.14. The molecular weight excluding hydrogens is 244 g/mol. The molecule has 0 bridgehead atoms. The van der Waals surface area contributed by atoms with Crippen LogP contribution < -0.4 is 0 Å². The first-order valence-corrected chi connectivity index (χ1v) is 7.11. The van der Waals surface area contributed by atoms with Gasteiger partial charge in [-0.3, -0.25) is 4.79 Å². The van der Waals surface area contributed by atoms with Crippen LogP contribution in [0.5, 0.6) is 0 Å². The molecule has 0 heterocycles. The van der Waals surface area contributed by atoms with Crippen LogP contribution in [0.1, 0.15) is 32.1 Å². The van der Waals surface area contributed by atoms with Gasteiger partial charge in [-0.25, -0.2) is 0 Å². The van der Waals surface area contributed by atoms with E-state index >= 15 is 0 Å². The fourth-order valence-electron chi connectivity index (χ4n) is 2.80. The lowest BCUT2D eigenvalue weighted by molar-refractivity contribution is -0.145. The molecule has 112 valence electrons. The normalized spacial score (nSPS) is 28.0. The van der Waals surface area contributed by atoms with Crippen molar-refractivity contribution in [2.45, 2.75) is 37.7 Å². The van der Waals surface area contributed by atoms with Crippen LogP contribution in [0.25, 0.3) is 0 Å². The van der Waals surface area contributed by atoms with Crippen molar-refractivity contribution >= 4 is 5.97 Å². The van der Waals surface area contributed by atoms with Crippen LogP contribution in [0.2, 0.25) is 0 Å². The zero-order valence-corrected chi connectivity index (χ0v) is 12.4. The lowest BCUT2D eigenvalue weighted by Crippen LogP contribution is -2.45. The van der Waals surface area contributed by atoms with Crippen molar-refractivity contribution in [3.8, 4) is 0 Å². The second-order valence-electron chi connectivity index (χ2n) is 6.23. The topological polar surface area (TPSA) is 64.0 Å². The Morgan fingerprint density at radius 1 is 1.21 bits per heavy atom. The maximum Gasteiger partial charge on any atom is 0.306 e. The van der Waals surface area contributed by atoms with Crippen LogP contribution in [0.4, 0.5) is 0 Å². The van der Waals surface area contributed by atoms with Gasteiger partial charge in [-0.1, -0.05) is 0 Å². The van der Waals surface area contributed by atoms with Gasteiger partial charge >= 0.3 is 5.97 Å². The molecule has 0 aliphatic heterocycles. The molecule has 0 unspecified atom stereocenters. The molecule has 19 heavy (non-hydrogen) atoms. The van der Waals surface area contributed by atoms with Gasteiger partial charge in [0.25, 0.3) is 0 Å². The zero-order valence-electron chi connectivity index (χ0n) is 12.4. The minimum Gasteiger partial charge on any atom is -0.481 e. The third-order valence-electron chi connectivity index (χ3n) is 3.97. The second kappa shape index (κ2) is 7.22. The van der Waals surface area contributed by atoms with Crippen LogP contribution in [0, 0.1) is 5.92 Å². The highest BCUT2D eigenvalue weighted by molar-refractivity contribution is 5.70. The fourth-order valence-corrected chi connectivity index (χ4v) is 2.80. The number of rotatable bonds is 7. The van der Waals surface area contributed by atoms with Crippen molar-refractivity contribution in [3.05, 3.63) is 0 Å². The number of likely N-dealkylation sites (N-methyl/N-ethyl adjacent to an activating group) is 1. The molecule has 0 aromatic carbocycles. The van der Waals surface area contributed by atoms with Gasteiger partial charge in [0.15, 0.2) is 0 Å². The molecule has 1 saturated carbocycles. The summed E-state index contributed by atoms with van der Waals surface area (Å²) in [6.45, 7) is 2.65. The summed E-state index contributed by atoms with van der Waals surface area (Å²) in [5.41, 5.74) is -0.696. The molecule has 0 aromatic rings. The number of hydrogen-bond donors (Lipinski definition) is 2. The van der Waals surface area contributed by atoms with Gasteiger partial charge in [0.1, 0.15) is 0 Å². The monoisotopic (exact) mass is 272 g/mol. The summed E-state index contributed by atoms with van der Waals surface area (Å²) in [6, 6.07) is 0. The minimum atomic E-state index is -0.721. The Morgan fingerprint density at radius 2 is 1.79 bits per heavy atom. The van der Waals surface area contributed by atoms with Gasteiger partial charge in [-0.15, -0.1) is 0 Å². The molecule has 0 radical (unpaired) electrons. The first-order valence-electron chi connectivity index (χ1n) is 7.11. The Balaban J connectivity index is 2.29. The van der Waals surface area contributed by atoms with Gasteiger partial charge in [0.05, 0.1) is 11.5 Å². The van der Waals surface area contributed by atoms with E-state index < -0.39 is 11.6 Å². The Bertz CT molecular complexity index is 286. The van der Waals surface area contributed by atoms with E-state index in [0.29, 0.717) is 32.2 Å². The van der Waals surface area contributed by atoms with Crippen molar-refractivity contribution in [1.82, 2.24) is 9.80 Å². The molecule has 1 aliphatic rings. The molecule has 0 aromatic heterocycles. The molecule has 1 rings (SSSR count). The Labute approximate surface area is 116 Å². The van der Waals surface area contributed by atoms with Crippen molar-refractivity contribution in [3.63, 3.8) is 0 Å². The highest BCUT2D eigenvalue weighted by Crippen LogP contribution is 2.32. The average molecular weight is 272 g/mol. The summed E-state index contributed by atoms with van der Waals surface area (Å²) in [5, 5.41) is 19.5. The van der Waals surface area contributed by atoms with E-state index in [1.54, 1.807) is 0 Å². The molecule has 0 atom stereocenters. The standard InChI is InChI=1S/C14H28N2O3/c1-15(2)9-4-10-16(3)11-14(19)7-5-12(6-8-14)13(17)18/h12,19H,4-11H2,1-3H3,(H,17,18). The largest absolute Gasteiger partial charge is 0.481 e. The third kappa shape index (κ3) is 5.89. The predicted octanol–water partition coefficient (Wildman–Crippen LogP) is 0.876. The Morgan fingerprint density at radius 3 is 2.26 bits per heavy atom. The maximum atomic E-state index is 10.9. The number of carboxylic acids is 1. The van der Waals surface area contributed by atoms with Crippen molar-refractivity contribution in [1.29, 1.82) is 0 Å². The van der Waals surface area contributed by atoms with Crippen LogP contribution in [0.3, 0.4) is 0 Å². The summed E-state index contributed by atoms with van der Waals surface area (Å²) in [5.74, 6) is -0.985. The predicted molar refractivity (Wildman–Crippen MR) is 75.2 cm³/mol. The summed E-state index contributed by atoms with van der Waals surface area (Å²) < 4.78 is 0. The molecule has 0 spiro atoms. The molecular formula is C14H28N2O3. The highest BCUT2D eigenvalue weighted by atomic mass is 16.4. The van der Waals surface area contributed by atoms with Crippen molar-refractivity contribution in [2.24, 2.45) is 5.92 Å². The summed E-state index contributed by atoms with van der Waals surface area (Å²) >= 11 is 0. The number of nitrogens with zero attached hydrogens (tertiary/aromatic N) is 2. The Hall–Kier alpha value is -0.650.